The average Bonchev–Trinajstić information content (AvgIpc) is 2.61. The van der Waals surface area contributed by atoms with Crippen molar-refractivity contribution >= 4 is 11.3 Å². The van der Waals surface area contributed by atoms with E-state index in [1.165, 1.54) is 11.3 Å². The summed E-state index contributed by atoms with van der Waals surface area (Å²) in [5.74, 6) is 0.129. The summed E-state index contributed by atoms with van der Waals surface area (Å²) in [6.07, 6.45) is 1.84. The van der Waals surface area contributed by atoms with Crippen LogP contribution in [-0.4, -0.2) is 15.1 Å². The molecule has 0 fully saturated rings. The lowest BCUT2D eigenvalue weighted by molar-refractivity contribution is 0.454. The number of nitrogens with one attached hydrogen (secondary N) is 1. The van der Waals surface area contributed by atoms with Crippen molar-refractivity contribution < 1.29 is 5.11 Å². The highest BCUT2D eigenvalue weighted by Gasteiger charge is 2.07. The third kappa shape index (κ3) is 1.10. The number of nitrogens with zero attached hydrogens (tertiary/aromatic N) is 1. The predicted octanol–water partition coefficient (Wildman–Crippen LogP) is 2.15. The van der Waals surface area contributed by atoms with Crippen LogP contribution in [0.25, 0.3) is 10.7 Å². The zero-order valence-electron chi connectivity index (χ0n) is 6.53. The highest BCUT2D eigenvalue weighted by molar-refractivity contribution is 7.15. The van der Waals surface area contributed by atoms with E-state index in [0.29, 0.717) is 0 Å². The van der Waals surface area contributed by atoms with E-state index in [9.17, 15) is 5.11 Å². The van der Waals surface area contributed by atoms with E-state index in [2.05, 4.69) is 9.97 Å². The number of hydrogen-bond acceptors (Lipinski definition) is 3. The second-order valence-corrected chi connectivity index (χ2v) is 3.69. The molecule has 0 aliphatic rings. The molecule has 0 spiro atoms. The summed E-state index contributed by atoms with van der Waals surface area (Å²) in [6, 6.07) is 3.83. The van der Waals surface area contributed by atoms with Gasteiger partial charge in [0.25, 0.3) is 0 Å². The van der Waals surface area contributed by atoms with Crippen LogP contribution in [0.3, 0.4) is 0 Å². The monoisotopic (exact) mass is 180 g/mol. The summed E-state index contributed by atoms with van der Waals surface area (Å²) < 4.78 is 0. The van der Waals surface area contributed by atoms with Gasteiger partial charge in [0.05, 0.1) is 10.6 Å². The lowest BCUT2D eigenvalue weighted by Gasteiger charge is -1.85. The standard InChI is InChI=1S/C8H8N2OS/c1-5-7(11)10-8(12-5)6-3-2-4-9-6/h2-4,9,11H,1H3. The fraction of sp³-hybridized carbons (Fsp3) is 0.125. The molecule has 0 unspecified atom stereocenters. The molecule has 2 N–H and O–H groups in total. The molecule has 0 aliphatic heterocycles. The van der Waals surface area contributed by atoms with Gasteiger partial charge < -0.3 is 10.1 Å². The number of aryl methyl sites for hydroxylation is 1. The van der Waals surface area contributed by atoms with Crippen LogP contribution in [0.4, 0.5) is 0 Å². The molecule has 4 heteroatoms. The number of aromatic amines is 1. The summed E-state index contributed by atoms with van der Waals surface area (Å²) >= 11 is 1.48. The van der Waals surface area contributed by atoms with E-state index in [1.54, 1.807) is 0 Å². The van der Waals surface area contributed by atoms with Crippen molar-refractivity contribution in [2.45, 2.75) is 6.92 Å². The Balaban J connectivity index is 2.48. The second kappa shape index (κ2) is 2.64. The highest BCUT2D eigenvalue weighted by Crippen LogP contribution is 2.29. The highest BCUT2D eigenvalue weighted by atomic mass is 32.1. The zero-order chi connectivity index (χ0) is 8.55. The van der Waals surface area contributed by atoms with Crippen LogP contribution in [0, 0.1) is 6.92 Å². The minimum Gasteiger partial charge on any atom is -0.492 e. The smallest absolute Gasteiger partial charge is 0.225 e. The summed E-state index contributed by atoms with van der Waals surface area (Å²) in [5.41, 5.74) is 0.948. The van der Waals surface area contributed by atoms with Crippen molar-refractivity contribution in [3.8, 4) is 16.6 Å². The number of thiazole rings is 1. The number of rotatable bonds is 1. The lowest BCUT2D eigenvalue weighted by Crippen LogP contribution is -1.72. The topological polar surface area (TPSA) is 48.9 Å². The number of hydrogen-bond donors (Lipinski definition) is 2. The number of H-pyrrole nitrogens is 1. The molecule has 0 aromatic carbocycles. The molecule has 0 saturated carbocycles. The maximum Gasteiger partial charge on any atom is 0.225 e. The van der Waals surface area contributed by atoms with Crippen molar-refractivity contribution in [3.63, 3.8) is 0 Å². The second-order valence-electron chi connectivity index (χ2n) is 2.48. The quantitative estimate of drug-likeness (QED) is 0.706. The predicted molar refractivity (Wildman–Crippen MR) is 48.3 cm³/mol. The Morgan fingerprint density at radius 1 is 1.58 bits per heavy atom. The van der Waals surface area contributed by atoms with Crippen molar-refractivity contribution in [2.24, 2.45) is 0 Å². The minimum atomic E-state index is 0.129. The van der Waals surface area contributed by atoms with Gasteiger partial charge in [-0.3, -0.25) is 0 Å². The Hall–Kier alpha value is -1.29. The molecule has 0 bridgehead atoms. The van der Waals surface area contributed by atoms with E-state index < -0.39 is 0 Å². The maximum absolute atomic E-state index is 9.22. The van der Waals surface area contributed by atoms with Crippen LogP contribution in [0.2, 0.25) is 0 Å². The molecule has 3 nitrogen and oxygen atoms in total. The molecule has 2 heterocycles. The molecule has 0 amide bonds. The van der Waals surface area contributed by atoms with Gasteiger partial charge in [0.1, 0.15) is 5.01 Å². The Morgan fingerprint density at radius 3 is 2.92 bits per heavy atom. The summed E-state index contributed by atoms with van der Waals surface area (Å²) in [4.78, 5) is 7.87. The molecule has 0 radical (unpaired) electrons. The normalized spacial score (nSPS) is 10.4. The average molecular weight is 180 g/mol. The molecular formula is C8H8N2OS. The molecule has 0 saturated heterocycles. The van der Waals surface area contributed by atoms with Crippen LogP contribution in [0.15, 0.2) is 18.3 Å². The van der Waals surface area contributed by atoms with Gasteiger partial charge in [0, 0.05) is 6.20 Å². The summed E-state index contributed by atoms with van der Waals surface area (Å²) in [6.45, 7) is 1.85. The van der Waals surface area contributed by atoms with Crippen molar-refractivity contribution in [1.82, 2.24) is 9.97 Å². The first-order valence-corrected chi connectivity index (χ1v) is 4.39. The van der Waals surface area contributed by atoms with E-state index in [-0.39, 0.29) is 5.88 Å². The Bertz CT molecular complexity index is 358. The van der Waals surface area contributed by atoms with E-state index in [1.807, 2.05) is 25.3 Å². The molecule has 2 aromatic heterocycles. The maximum atomic E-state index is 9.22. The molecule has 0 aliphatic carbocycles. The van der Waals surface area contributed by atoms with Gasteiger partial charge in [0.15, 0.2) is 0 Å². The van der Waals surface area contributed by atoms with Crippen LogP contribution < -0.4 is 0 Å². The summed E-state index contributed by atoms with van der Waals surface area (Å²) in [5, 5.41) is 10.1. The van der Waals surface area contributed by atoms with Crippen LogP contribution in [0.5, 0.6) is 5.88 Å². The van der Waals surface area contributed by atoms with E-state index in [0.717, 1.165) is 15.6 Å². The van der Waals surface area contributed by atoms with Gasteiger partial charge in [-0.25, -0.2) is 0 Å². The molecule has 62 valence electrons. The van der Waals surface area contributed by atoms with Gasteiger partial charge in [-0.1, -0.05) is 0 Å². The van der Waals surface area contributed by atoms with Crippen molar-refractivity contribution in [2.75, 3.05) is 0 Å². The third-order valence-electron chi connectivity index (χ3n) is 1.60. The molecule has 12 heavy (non-hydrogen) atoms. The van der Waals surface area contributed by atoms with Crippen molar-refractivity contribution in [1.29, 1.82) is 0 Å². The fourth-order valence-corrected chi connectivity index (χ4v) is 1.76. The minimum absolute atomic E-state index is 0.129. The first kappa shape index (κ1) is 7.36. The fourth-order valence-electron chi connectivity index (χ4n) is 0.967. The van der Waals surface area contributed by atoms with E-state index in [4.69, 9.17) is 0 Å². The van der Waals surface area contributed by atoms with E-state index >= 15 is 0 Å². The lowest BCUT2D eigenvalue weighted by atomic mass is 10.4. The van der Waals surface area contributed by atoms with Gasteiger partial charge in [0.2, 0.25) is 5.88 Å². The van der Waals surface area contributed by atoms with Gasteiger partial charge in [-0.05, 0) is 19.1 Å². The van der Waals surface area contributed by atoms with Crippen LogP contribution in [0.1, 0.15) is 4.88 Å². The molecule has 2 aromatic rings. The zero-order valence-corrected chi connectivity index (χ0v) is 7.35. The number of aromatic nitrogens is 2. The first-order valence-electron chi connectivity index (χ1n) is 3.57. The molecular weight excluding hydrogens is 172 g/mol. The van der Waals surface area contributed by atoms with Crippen LogP contribution >= 0.6 is 11.3 Å². The van der Waals surface area contributed by atoms with Gasteiger partial charge >= 0.3 is 0 Å². The summed E-state index contributed by atoms with van der Waals surface area (Å²) in [7, 11) is 0. The molecule has 2 rings (SSSR count). The molecule has 0 atom stereocenters. The largest absolute Gasteiger partial charge is 0.492 e. The third-order valence-corrected chi connectivity index (χ3v) is 2.59. The number of aromatic hydroxyl groups is 1. The van der Waals surface area contributed by atoms with Gasteiger partial charge in [-0.2, -0.15) is 4.98 Å². The van der Waals surface area contributed by atoms with Crippen LogP contribution in [-0.2, 0) is 0 Å². The SMILES string of the molecule is Cc1sc(-c2ccc[nH]2)nc1O. The van der Waals surface area contributed by atoms with Gasteiger partial charge in [-0.15, -0.1) is 11.3 Å². The Kier molecular flexibility index (Phi) is 1.62. The Labute approximate surface area is 73.7 Å². The first-order chi connectivity index (χ1) is 5.77. The Morgan fingerprint density at radius 2 is 2.42 bits per heavy atom. The van der Waals surface area contributed by atoms with Crippen molar-refractivity contribution in [3.05, 3.63) is 23.2 Å².